The first-order valence-electron chi connectivity index (χ1n) is 8.44. The Labute approximate surface area is 131 Å². The van der Waals surface area contributed by atoms with E-state index in [1.165, 1.54) is 12.1 Å². The highest BCUT2D eigenvalue weighted by atomic mass is 19.1. The summed E-state index contributed by atoms with van der Waals surface area (Å²) in [6, 6.07) is 7.19. The molecule has 1 aromatic rings. The average molecular weight is 304 g/mol. The number of nitrogens with one attached hydrogen (secondary N) is 1. The van der Waals surface area contributed by atoms with Gasteiger partial charge in [-0.1, -0.05) is 12.1 Å². The summed E-state index contributed by atoms with van der Waals surface area (Å²) in [5, 5.41) is 3.41. The molecule has 0 bridgehead atoms. The molecule has 22 heavy (non-hydrogen) atoms. The first-order chi connectivity index (χ1) is 10.6. The van der Waals surface area contributed by atoms with E-state index in [1.54, 1.807) is 0 Å². The fraction of sp³-hybridized carbons (Fsp3) is 0.611. The van der Waals surface area contributed by atoms with E-state index in [1.807, 2.05) is 12.1 Å². The number of hydrogen-bond acceptors (Lipinski definition) is 2. The highest BCUT2D eigenvalue weighted by molar-refractivity contribution is 5.79. The van der Waals surface area contributed by atoms with Crippen molar-refractivity contribution in [2.75, 3.05) is 13.1 Å². The molecule has 3 rings (SSSR count). The van der Waals surface area contributed by atoms with E-state index in [0.717, 1.165) is 50.8 Å². The third-order valence-corrected chi connectivity index (χ3v) is 5.01. The maximum absolute atomic E-state index is 13.2. The largest absolute Gasteiger partial charge is 0.335 e. The molecule has 120 valence electrons. The maximum atomic E-state index is 13.2. The molecular formula is C18H25FN2O. The fourth-order valence-corrected chi connectivity index (χ4v) is 3.82. The second kappa shape index (κ2) is 6.78. The minimum absolute atomic E-state index is 0.118. The molecule has 2 aliphatic rings. The van der Waals surface area contributed by atoms with Gasteiger partial charge in [0.1, 0.15) is 5.82 Å². The molecule has 1 unspecified atom stereocenters. The van der Waals surface area contributed by atoms with E-state index in [2.05, 4.69) is 17.1 Å². The summed E-state index contributed by atoms with van der Waals surface area (Å²) in [5.41, 5.74) is 1.07. The molecule has 1 N–H and O–H groups in total. The number of benzene rings is 1. The lowest BCUT2D eigenvalue weighted by atomic mass is 9.88. The van der Waals surface area contributed by atoms with Crippen LogP contribution in [0, 0.1) is 11.7 Å². The molecule has 1 amide bonds. The number of hydrogen-bond donors (Lipinski definition) is 1. The average Bonchev–Trinajstić information content (AvgIpc) is 2.55. The van der Waals surface area contributed by atoms with Crippen molar-refractivity contribution in [3.05, 3.63) is 35.6 Å². The molecule has 2 aliphatic heterocycles. The molecule has 2 saturated heterocycles. The summed E-state index contributed by atoms with van der Waals surface area (Å²) in [6.07, 6.45) is 5.04. The van der Waals surface area contributed by atoms with Crippen LogP contribution in [-0.2, 0) is 4.79 Å². The summed E-state index contributed by atoms with van der Waals surface area (Å²) in [5.74, 6) is 0.212. The molecule has 4 heteroatoms. The standard InChI is InChI=1S/C18H25FN2O/c1-13-12-15(9-10-20-13)18(22)21-11-3-2-4-17(21)14-5-7-16(19)8-6-14/h5-8,13,15,17,20H,2-4,9-12H2,1H3/t13-,15-,17?/m0/s1. The van der Waals surface area contributed by atoms with Gasteiger partial charge >= 0.3 is 0 Å². The minimum atomic E-state index is -0.218. The normalized spacial score (nSPS) is 29.4. The molecule has 0 spiro atoms. The SMILES string of the molecule is C[C@H]1C[C@@H](C(=O)N2CCCCC2c2ccc(F)cc2)CCN1. The van der Waals surface area contributed by atoms with Crippen LogP contribution in [0.25, 0.3) is 0 Å². The van der Waals surface area contributed by atoms with Crippen LogP contribution in [0.15, 0.2) is 24.3 Å². The lowest BCUT2D eigenvalue weighted by Gasteiger charge is -2.39. The number of halogens is 1. The van der Waals surface area contributed by atoms with Gasteiger partial charge in [0.05, 0.1) is 6.04 Å². The predicted octanol–water partition coefficient (Wildman–Crippen LogP) is 3.27. The molecule has 3 nitrogen and oxygen atoms in total. The van der Waals surface area contributed by atoms with Crippen LogP contribution in [0.4, 0.5) is 4.39 Å². The summed E-state index contributed by atoms with van der Waals surface area (Å²) >= 11 is 0. The third-order valence-electron chi connectivity index (χ3n) is 5.01. The highest BCUT2D eigenvalue weighted by Gasteiger charge is 2.34. The molecule has 1 aromatic carbocycles. The van der Waals surface area contributed by atoms with Crippen LogP contribution in [0.3, 0.4) is 0 Å². The lowest BCUT2D eigenvalue weighted by molar-refractivity contribution is -0.140. The monoisotopic (exact) mass is 304 g/mol. The van der Waals surface area contributed by atoms with Gasteiger partial charge in [0.25, 0.3) is 0 Å². The number of rotatable bonds is 2. The Balaban J connectivity index is 1.77. The lowest BCUT2D eigenvalue weighted by Crippen LogP contribution is -2.46. The number of amides is 1. The van der Waals surface area contributed by atoms with Crippen molar-refractivity contribution in [2.45, 2.75) is 51.1 Å². The maximum Gasteiger partial charge on any atom is 0.226 e. The van der Waals surface area contributed by atoms with E-state index >= 15 is 0 Å². The molecule has 2 heterocycles. The van der Waals surface area contributed by atoms with Crippen LogP contribution < -0.4 is 5.32 Å². The van der Waals surface area contributed by atoms with Crippen molar-refractivity contribution in [1.82, 2.24) is 10.2 Å². The van der Waals surface area contributed by atoms with Gasteiger partial charge in [-0.05, 0) is 63.3 Å². The van der Waals surface area contributed by atoms with Gasteiger partial charge in [0, 0.05) is 18.5 Å². The zero-order chi connectivity index (χ0) is 15.5. The van der Waals surface area contributed by atoms with Gasteiger partial charge in [-0.25, -0.2) is 4.39 Å². The van der Waals surface area contributed by atoms with Crippen molar-refractivity contribution in [3.63, 3.8) is 0 Å². The van der Waals surface area contributed by atoms with E-state index in [0.29, 0.717) is 11.9 Å². The van der Waals surface area contributed by atoms with Crippen LogP contribution in [0.5, 0.6) is 0 Å². The van der Waals surface area contributed by atoms with Gasteiger partial charge in [-0.2, -0.15) is 0 Å². The van der Waals surface area contributed by atoms with Crippen molar-refractivity contribution in [2.24, 2.45) is 5.92 Å². The number of piperidine rings is 2. The molecule has 2 fully saturated rings. The predicted molar refractivity (Wildman–Crippen MR) is 84.9 cm³/mol. The van der Waals surface area contributed by atoms with Gasteiger partial charge in [0.2, 0.25) is 5.91 Å². The molecule has 0 aliphatic carbocycles. The van der Waals surface area contributed by atoms with Crippen molar-refractivity contribution >= 4 is 5.91 Å². The van der Waals surface area contributed by atoms with Crippen LogP contribution in [0.2, 0.25) is 0 Å². The van der Waals surface area contributed by atoms with Gasteiger partial charge in [-0.15, -0.1) is 0 Å². The second-order valence-electron chi connectivity index (χ2n) is 6.67. The van der Waals surface area contributed by atoms with Gasteiger partial charge in [0.15, 0.2) is 0 Å². The van der Waals surface area contributed by atoms with Crippen LogP contribution in [0.1, 0.15) is 50.6 Å². The summed E-state index contributed by atoms with van der Waals surface area (Å²) in [4.78, 5) is 15.0. The number of carbonyl (C=O) groups is 1. The Bertz CT molecular complexity index is 516. The van der Waals surface area contributed by atoms with E-state index in [4.69, 9.17) is 0 Å². The Morgan fingerprint density at radius 3 is 2.73 bits per heavy atom. The molecule has 3 atom stereocenters. The molecule has 0 saturated carbocycles. The smallest absolute Gasteiger partial charge is 0.226 e. The summed E-state index contributed by atoms with van der Waals surface area (Å²) < 4.78 is 13.2. The van der Waals surface area contributed by atoms with E-state index in [9.17, 15) is 9.18 Å². The highest BCUT2D eigenvalue weighted by Crippen LogP contribution is 2.33. The third kappa shape index (κ3) is 3.32. The van der Waals surface area contributed by atoms with Crippen molar-refractivity contribution < 1.29 is 9.18 Å². The van der Waals surface area contributed by atoms with Crippen LogP contribution >= 0.6 is 0 Å². The Morgan fingerprint density at radius 1 is 1.23 bits per heavy atom. The van der Waals surface area contributed by atoms with Gasteiger partial charge in [-0.3, -0.25) is 4.79 Å². The topological polar surface area (TPSA) is 32.3 Å². The fourth-order valence-electron chi connectivity index (χ4n) is 3.82. The van der Waals surface area contributed by atoms with Crippen molar-refractivity contribution in [3.8, 4) is 0 Å². The van der Waals surface area contributed by atoms with Crippen LogP contribution in [-0.4, -0.2) is 29.9 Å². The second-order valence-corrected chi connectivity index (χ2v) is 6.67. The van der Waals surface area contributed by atoms with Gasteiger partial charge < -0.3 is 10.2 Å². The molecule has 0 aromatic heterocycles. The molecular weight excluding hydrogens is 279 g/mol. The number of nitrogens with zero attached hydrogens (tertiary/aromatic N) is 1. The minimum Gasteiger partial charge on any atom is -0.335 e. The summed E-state index contributed by atoms with van der Waals surface area (Å²) in [7, 11) is 0. The first kappa shape index (κ1) is 15.5. The van der Waals surface area contributed by atoms with E-state index < -0.39 is 0 Å². The summed E-state index contributed by atoms with van der Waals surface area (Å²) in [6.45, 7) is 3.90. The zero-order valence-corrected chi connectivity index (χ0v) is 13.2. The molecule has 0 radical (unpaired) electrons. The number of carbonyl (C=O) groups excluding carboxylic acids is 1. The Hall–Kier alpha value is -1.42. The Morgan fingerprint density at radius 2 is 2.00 bits per heavy atom. The van der Waals surface area contributed by atoms with Crippen molar-refractivity contribution in [1.29, 1.82) is 0 Å². The zero-order valence-electron chi connectivity index (χ0n) is 13.2. The first-order valence-corrected chi connectivity index (χ1v) is 8.44. The Kier molecular flexibility index (Phi) is 4.77. The number of likely N-dealkylation sites (tertiary alicyclic amines) is 1. The van der Waals surface area contributed by atoms with E-state index in [-0.39, 0.29) is 17.8 Å². The quantitative estimate of drug-likeness (QED) is 0.909.